The zero-order valence-corrected chi connectivity index (χ0v) is 18.2. The molecule has 1 atom stereocenters. The van der Waals surface area contributed by atoms with Crippen LogP contribution in [0.2, 0.25) is 0 Å². The zero-order valence-electron chi connectivity index (χ0n) is 18.2. The minimum absolute atomic E-state index is 0.113. The van der Waals surface area contributed by atoms with Crippen LogP contribution in [-0.4, -0.2) is 25.7 Å². The van der Waals surface area contributed by atoms with Crippen molar-refractivity contribution in [1.29, 1.82) is 0 Å². The van der Waals surface area contributed by atoms with Crippen LogP contribution < -0.4 is 19.5 Å². The van der Waals surface area contributed by atoms with Gasteiger partial charge >= 0.3 is 0 Å². The van der Waals surface area contributed by atoms with Gasteiger partial charge in [0.15, 0.2) is 11.5 Å². The van der Waals surface area contributed by atoms with E-state index in [0.29, 0.717) is 36.1 Å². The summed E-state index contributed by atoms with van der Waals surface area (Å²) in [4.78, 5) is 12.5. The van der Waals surface area contributed by atoms with Crippen LogP contribution in [0.4, 0.5) is 0 Å². The van der Waals surface area contributed by atoms with Gasteiger partial charge in [-0.15, -0.1) is 0 Å². The van der Waals surface area contributed by atoms with Crippen LogP contribution in [0.1, 0.15) is 56.5 Å². The first kappa shape index (κ1) is 22.6. The number of rotatable bonds is 11. The third-order valence-corrected chi connectivity index (χ3v) is 4.64. The largest absolute Gasteiger partial charge is 0.493 e. The van der Waals surface area contributed by atoms with E-state index in [1.807, 2.05) is 37.3 Å². The molecule has 0 aliphatic heterocycles. The molecule has 2 aromatic rings. The molecular weight excluding hydrogens is 366 g/mol. The third kappa shape index (κ3) is 7.33. The number of carbonyl (C=O) groups excluding carboxylic acids is 1. The van der Waals surface area contributed by atoms with Crippen molar-refractivity contribution in [2.24, 2.45) is 5.92 Å². The molecule has 5 nitrogen and oxygen atoms in total. The molecule has 158 valence electrons. The maximum atomic E-state index is 12.5. The standard InChI is InChI=1S/C24H33NO4/c1-6-18(4)29-21-9-7-8-20(15-21)24(26)25-16-19-10-11-22(23(14-19)27-5)28-13-12-17(2)3/h7-11,14-15,17-18H,6,12-13,16H2,1-5H3,(H,25,26). The molecule has 0 spiro atoms. The molecule has 0 aromatic heterocycles. The highest BCUT2D eigenvalue weighted by molar-refractivity contribution is 5.94. The molecule has 0 aliphatic carbocycles. The molecule has 0 fully saturated rings. The SMILES string of the molecule is CCC(C)Oc1cccc(C(=O)NCc2ccc(OCCC(C)C)c(OC)c2)c1. The van der Waals surface area contributed by atoms with Gasteiger partial charge in [0.05, 0.1) is 19.8 Å². The van der Waals surface area contributed by atoms with Gasteiger partial charge < -0.3 is 19.5 Å². The van der Waals surface area contributed by atoms with E-state index in [0.717, 1.165) is 24.2 Å². The van der Waals surface area contributed by atoms with Gasteiger partial charge in [-0.2, -0.15) is 0 Å². The number of ether oxygens (including phenoxy) is 3. The molecular formula is C24H33NO4. The monoisotopic (exact) mass is 399 g/mol. The van der Waals surface area contributed by atoms with Gasteiger partial charge in [0, 0.05) is 12.1 Å². The predicted octanol–water partition coefficient (Wildman–Crippen LogP) is 5.23. The highest BCUT2D eigenvalue weighted by atomic mass is 16.5. The molecule has 0 saturated heterocycles. The van der Waals surface area contributed by atoms with E-state index in [1.165, 1.54) is 0 Å². The lowest BCUT2D eigenvalue weighted by molar-refractivity contribution is 0.0950. The van der Waals surface area contributed by atoms with Crippen LogP contribution in [0.5, 0.6) is 17.2 Å². The normalized spacial score (nSPS) is 11.8. The minimum atomic E-state index is -0.143. The Hall–Kier alpha value is -2.69. The second-order valence-corrected chi connectivity index (χ2v) is 7.56. The van der Waals surface area contributed by atoms with Gasteiger partial charge in [-0.1, -0.05) is 32.9 Å². The van der Waals surface area contributed by atoms with E-state index in [1.54, 1.807) is 19.2 Å². The van der Waals surface area contributed by atoms with E-state index >= 15 is 0 Å². The van der Waals surface area contributed by atoms with E-state index < -0.39 is 0 Å². The van der Waals surface area contributed by atoms with Gasteiger partial charge in [0.25, 0.3) is 5.91 Å². The second kappa shape index (κ2) is 11.3. The summed E-state index contributed by atoms with van der Waals surface area (Å²) in [7, 11) is 1.62. The van der Waals surface area contributed by atoms with Crippen molar-refractivity contribution in [3.05, 3.63) is 53.6 Å². The fraction of sp³-hybridized carbons (Fsp3) is 0.458. The van der Waals surface area contributed by atoms with Crippen LogP contribution >= 0.6 is 0 Å². The van der Waals surface area contributed by atoms with Gasteiger partial charge in [-0.25, -0.2) is 0 Å². The highest BCUT2D eigenvalue weighted by Gasteiger charge is 2.10. The fourth-order valence-corrected chi connectivity index (χ4v) is 2.66. The number of amides is 1. The van der Waals surface area contributed by atoms with E-state index in [2.05, 4.69) is 26.1 Å². The van der Waals surface area contributed by atoms with Crippen molar-refractivity contribution in [2.45, 2.75) is 53.2 Å². The average molecular weight is 400 g/mol. The summed E-state index contributed by atoms with van der Waals surface area (Å²) < 4.78 is 17.1. The maximum Gasteiger partial charge on any atom is 0.251 e. The smallest absolute Gasteiger partial charge is 0.251 e. The van der Waals surface area contributed by atoms with Crippen molar-refractivity contribution in [1.82, 2.24) is 5.32 Å². The fourth-order valence-electron chi connectivity index (χ4n) is 2.66. The third-order valence-electron chi connectivity index (χ3n) is 4.64. The Morgan fingerprint density at radius 3 is 2.55 bits per heavy atom. The predicted molar refractivity (Wildman–Crippen MR) is 116 cm³/mol. The molecule has 0 bridgehead atoms. The zero-order chi connectivity index (χ0) is 21.2. The summed E-state index contributed by atoms with van der Waals surface area (Å²) in [6, 6.07) is 13.0. The van der Waals surface area contributed by atoms with Crippen LogP contribution in [-0.2, 0) is 6.54 Å². The summed E-state index contributed by atoms with van der Waals surface area (Å²) >= 11 is 0. The van der Waals surface area contributed by atoms with Gasteiger partial charge in [-0.05, 0) is 61.6 Å². The van der Waals surface area contributed by atoms with Crippen molar-refractivity contribution >= 4 is 5.91 Å². The molecule has 1 amide bonds. The quantitative estimate of drug-likeness (QED) is 0.562. The Bertz CT molecular complexity index is 788. The lowest BCUT2D eigenvalue weighted by Gasteiger charge is -2.14. The van der Waals surface area contributed by atoms with Crippen LogP contribution in [0, 0.1) is 5.92 Å². The van der Waals surface area contributed by atoms with Crippen molar-refractivity contribution in [2.75, 3.05) is 13.7 Å². The Morgan fingerprint density at radius 1 is 1.07 bits per heavy atom. The molecule has 29 heavy (non-hydrogen) atoms. The Labute approximate surface area is 174 Å². The van der Waals surface area contributed by atoms with Crippen LogP contribution in [0.3, 0.4) is 0 Å². The molecule has 2 rings (SSSR count). The van der Waals surface area contributed by atoms with Gasteiger partial charge in [-0.3, -0.25) is 4.79 Å². The first-order valence-corrected chi connectivity index (χ1v) is 10.3. The van der Waals surface area contributed by atoms with E-state index in [-0.39, 0.29) is 12.0 Å². The molecule has 5 heteroatoms. The minimum Gasteiger partial charge on any atom is -0.493 e. The van der Waals surface area contributed by atoms with Gasteiger partial charge in [0.2, 0.25) is 0 Å². The van der Waals surface area contributed by atoms with Crippen LogP contribution in [0.25, 0.3) is 0 Å². The molecule has 0 saturated carbocycles. The summed E-state index contributed by atoms with van der Waals surface area (Å²) in [5, 5.41) is 2.95. The summed E-state index contributed by atoms with van der Waals surface area (Å²) in [5.41, 5.74) is 1.52. The number of benzene rings is 2. The topological polar surface area (TPSA) is 56.8 Å². The van der Waals surface area contributed by atoms with Gasteiger partial charge in [0.1, 0.15) is 5.75 Å². The van der Waals surface area contributed by atoms with Crippen molar-refractivity contribution < 1.29 is 19.0 Å². The molecule has 2 aromatic carbocycles. The molecule has 0 aliphatic rings. The van der Waals surface area contributed by atoms with Crippen LogP contribution in [0.15, 0.2) is 42.5 Å². The number of hydrogen-bond acceptors (Lipinski definition) is 4. The Balaban J connectivity index is 1.96. The molecule has 0 radical (unpaired) electrons. The lowest BCUT2D eigenvalue weighted by Crippen LogP contribution is -2.23. The number of hydrogen-bond donors (Lipinski definition) is 1. The first-order chi connectivity index (χ1) is 13.9. The molecule has 0 heterocycles. The summed E-state index contributed by atoms with van der Waals surface area (Å²) in [5.74, 6) is 2.54. The lowest BCUT2D eigenvalue weighted by atomic mass is 10.1. The van der Waals surface area contributed by atoms with Crippen molar-refractivity contribution in [3.63, 3.8) is 0 Å². The molecule has 1 N–H and O–H groups in total. The maximum absolute atomic E-state index is 12.5. The second-order valence-electron chi connectivity index (χ2n) is 7.56. The number of methoxy groups -OCH3 is 1. The first-order valence-electron chi connectivity index (χ1n) is 10.3. The van der Waals surface area contributed by atoms with Crippen molar-refractivity contribution in [3.8, 4) is 17.2 Å². The number of nitrogens with one attached hydrogen (secondary N) is 1. The average Bonchev–Trinajstić information content (AvgIpc) is 2.72. The summed E-state index contributed by atoms with van der Waals surface area (Å²) in [6.45, 7) is 9.46. The Morgan fingerprint density at radius 2 is 1.86 bits per heavy atom. The summed E-state index contributed by atoms with van der Waals surface area (Å²) in [6.07, 6.45) is 2.01. The molecule has 1 unspecified atom stereocenters. The number of carbonyl (C=O) groups is 1. The van der Waals surface area contributed by atoms with E-state index in [9.17, 15) is 4.79 Å². The highest BCUT2D eigenvalue weighted by Crippen LogP contribution is 2.28. The van der Waals surface area contributed by atoms with E-state index in [4.69, 9.17) is 14.2 Å². The Kier molecular flexibility index (Phi) is 8.84.